The zero-order valence-corrected chi connectivity index (χ0v) is 11.5. The molecule has 19 heavy (non-hydrogen) atoms. The van der Waals surface area contributed by atoms with E-state index in [1.54, 1.807) is 4.68 Å². The lowest BCUT2D eigenvalue weighted by Gasteiger charge is -2.12. The lowest BCUT2D eigenvalue weighted by Crippen LogP contribution is -2.19. The van der Waals surface area contributed by atoms with Gasteiger partial charge in [-0.2, -0.15) is 0 Å². The summed E-state index contributed by atoms with van der Waals surface area (Å²) in [7, 11) is 1.82. The molecule has 2 rings (SSSR count). The number of hydrogen-bond donors (Lipinski definition) is 1. The van der Waals surface area contributed by atoms with Crippen LogP contribution in [0.3, 0.4) is 0 Å². The largest absolute Gasteiger partial charge is 0.485 e. The van der Waals surface area contributed by atoms with Gasteiger partial charge in [-0.3, -0.25) is 9.67 Å². The van der Waals surface area contributed by atoms with Crippen LogP contribution in [0.15, 0.2) is 18.3 Å². The van der Waals surface area contributed by atoms with Crippen LogP contribution >= 0.6 is 0 Å². The summed E-state index contributed by atoms with van der Waals surface area (Å²) in [4.78, 5) is 4.48. The first-order chi connectivity index (χ1) is 9.04. The Morgan fingerprint density at radius 2 is 2.21 bits per heavy atom. The smallest absolute Gasteiger partial charge is 0.141 e. The van der Waals surface area contributed by atoms with Gasteiger partial charge in [0.1, 0.15) is 18.1 Å². The van der Waals surface area contributed by atoms with Crippen LogP contribution in [0.1, 0.15) is 24.0 Å². The molecule has 2 aromatic heterocycles. The molecule has 0 aliphatic rings. The maximum Gasteiger partial charge on any atom is 0.141 e. The molecule has 0 amide bonds. The Labute approximate surface area is 112 Å². The van der Waals surface area contributed by atoms with E-state index >= 15 is 0 Å². The molecule has 0 aromatic carbocycles. The molecule has 0 fully saturated rings. The van der Waals surface area contributed by atoms with Gasteiger partial charge in [-0.1, -0.05) is 5.21 Å². The predicted molar refractivity (Wildman–Crippen MR) is 71.7 cm³/mol. The molecule has 0 radical (unpaired) electrons. The topological polar surface area (TPSA) is 78.8 Å². The average molecular weight is 261 g/mol. The van der Waals surface area contributed by atoms with Crippen LogP contribution in [0, 0.1) is 6.92 Å². The first-order valence-electron chi connectivity index (χ1n) is 6.24. The highest BCUT2D eigenvalue weighted by atomic mass is 16.5. The number of pyridine rings is 1. The van der Waals surface area contributed by atoms with Gasteiger partial charge in [-0.05, 0) is 26.0 Å². The molecule has 2 heterocycles. The van der Waals surface area contributed by atoms with E-state index in [-0.39, 0.29) is 6.04 Å². The summed E-state index contributed by atoms with van der Waals surface area (Å²) < 4.78 is 7.41. The van der Waals surface area contributed by atoms with E-state index in [4.69, 9.17) is 10.5 Å². The van der Waals surface area contributed by atoms with Crippen LogP contribution in [0.4, 0.5) is 0 Å². The van der Waals surface area contributed by atoms with Crippen LogP contribution in [-0.2, 0) is 20.1 Å². The lowest BCUT2D eigenvalue weighted by atomic mass is 10.1. The monoisotopic (exact) mass is 261 g/mol. The molecule has 2 N–H and O–H groups in total. The second kappa shape index (κ2) is 5.79. The molecule has 1 atom stereocenters. The molecule has 102 valence electrons. The molecule has 0 aliphatic heterocycles. The molecular formula is C13H19N5O. The molecule has 0 spiro atoms. The van der Waals surface area contributed by atoms with Crippen LogP contribution in [0.5, 0.6) is 5.75 Å². The van der Waals surface area contributed by atoms with Crippen LogP contribution in [0.2, 0.25) is 0 Å². The van der Waals surface area contributed by atoms with E-state index in [1.165, 1.54) is 0 Å². The lowest BCUT2D eigenvalue weighted by molar-refractivity contribution is 0.295. The van der Waals surface area contributed by atoms with Crippen LogP contribution in [0.25, 0.3) is 0 Å². The van der Waals surface area contributed by atoms with E-state index in [1.807, 2.05) is 39.2 Å². The number of aryl methyl sites for hydroxylation is 2. The fourth-order valence-corrected chi connectivity index (χ4v) is 1.79. The van der Waals surface area contributed by atoms with Crippen molar-refractivity contribution in [2.75, 3.05) is 0 Å². The van der Waals surface area contributed by atoms with Crippen molar-refractivity contribution in [2.45, 2.75) is 32.9 Å². The van der Waals surface area contributed by atoms with Crippen LogP contribution < -0.4 is 10.5 Å². The summed E-state index contributed by atoms with van der Waals surface area (Å²) >= 11 is 0. The van der Waals surface area contributed by atoms with Gasteiger partial charge in [0.2, 0.25) is 0 Å². The quantitative estimate of drug-likeness (QED) is 0.868. The van der Waals surface area contributed by atoms with Gasteiger partial charge in [0.05, 0.1) is 11.9 Å². The minimum Gasteiger partial charge on any atom is -0.485 e. The minimum atomic E-state index is 0.0492. The SMILES string of the molecule is Cc1ccc(OCc2cn(C)nn2)c(CC(C)N)n1. The third-order valence-electron chi connectivity index (χ3n) is 2.61. The fourth-order valence-electron chi connectivity index (χ4n) is 1.79. The Morgan fingerprint density at radius 3 is 2.84 bits per heavy atom. The minimum absolute atomic E-state index is 0.0492. The highest BCUT2D eigenvalue weighted by Gasteiger charge is 2.09. The summed E-state index contributed by atoms with van der Waals surface area (Å²) in [5, 5.41) is 7.85. The van der Waals surface area contributed by atoms with E-state index in [9.17, 15) is 0 Å². The second-order valence-corrected chi connectivity index (χ2v) is 4.75. The first-order valence-corrected chi connectivity index (χ1v) is 6.24. The maximum atomic E-state index is 5.83. The van der Waals surface area contributed by atoms with Gasteiger partial charge >= 0.3 is 0 Å². The third-order valence-corrected chi connectivity index (χ3v) is 2.61. The van der Waals surface area contributed by atoms with E-state index in [0.29, 0.717) is 13.0 Å². The van der Waals surface area contributed by atoms with Crippen molar-refractivity contribution in [1.82, 2.24) is 20.0 Å². The van der Waals surface area contributed by atoms with Crippen molar-refractivity contribution < 1.29 is 4.74 Å². The van der Waals surface area contributed by atoms with E-state index in [2.05, 4.69) is 15.3 Å². The van der Waals surface area contributed by atoms with Gasteiger partial charge in [0.25, 0.3) is 0 Å². The Morgan fingerprint density at radius 1 is 1.42 bits per heavy atom. The van der Waals surface area contributed by atoms with Crippen molar-refractivity contribution in [2.24, 2.45) is 12.8 Å². The molecule has 6 heteroatoms. The Balaban J connectivity index is 2.10. The fraction of sp³-hybridized carbons (Fsp3) is 0.462. The molecular weight excluding hydrogens is 242 g/mol. The van der Waals surface area contributed by atoms with Gasteiger partial charge in [0.15, 0.2) is 0 Å². The van der Waals surface area contributed by atoms with Crippen molar-refractivity contribution in [3.63, 3.8) is 0 Å². The number of nitrogens with zero attached hydrogens (tertiary/aromatic N) is 4. The summed E-state index contributed by atoms with van der Waals surface area (Å²) in [6.45, 7) is 4.29. The predicted octanol–water partition coefficient (Wildman–Crippen LogP) is 0.987. The van der Waals surface area contributed by atoms with E-state index in [0.717, 1.165) is 22.8 Å². The summed E-state index contributed by atoms with van der Waals surface area (Å²) in [5.74, 6) is 0.758. The zero-order chi connectivity index (χ0) is 13.8. The third kappa shape index (κ3) is 3.75. The van der Waals surface area contributed by atoms with Crippen molar-refractivity contribution >= 4 is 0 Å². The summed E-state index contributed by atoms with van der Waals surface area (Å²) in [6, 6.07) is 3.90. The van der Waals surface area contributed by atoms with Crippen molar-refractivity contribution in [3.05, 3.63) is 35.4 Å². The molecule has 0 bridgehead atoms. The average Bonchev–Trinajstić information content (AvgIpc) is 2.73. The van der Waals surface area contributed by atoms with E-state index < -0.39 is 0 Å². The number of nitrogens with two attached hydrogens (primary N) is 1. The van der Waals surface area contributed by atoms with Gasteiger partial charge in [-0.15, -0.1) is 5.10 Å². The molecule has 1 unspecified atom stereocenters. The number of rotatable bonds is 5. The molecule has 2 aromatic rings. The Kier molecular flexibility index (Phi) is 4.11. The van der Waals surface area contributed by atoms with Crippen LogP contribution in [-0.4, -0.2) is 26.0 Å². The number of ether oxygens (including phenoxy) is 1. The number of aromatic nitrogens is 4. The standard InChI is InChI=1S/C13H19N5O/c1-9(14)6-12-13(5-4-10(2)15-12)19-8-11-7-18(3)17-16-11/h4-5,7,9H,6,8,14H2,1-3H3. The molecule has 0 saturated heterocycles. The summed E-state index contributed by atoms with van der Waals surface area (Å²) in [5.41, 5.74) is 8.47. The maximum absolute atomic E-state index is 5.83. The van der Waals surface area contributed by atoms with Crippen molar-refractivity contribution in [1.29, 1.82) is 0 Å². The molecule has 6 nitrogen and oxygen atoms in total. The summed E-state index contributed by atoms with van der Waals surface area (Å²) in [6.07, 6.45) is 2.52. The first kappa shape index (κ1) is 13.5. The molecule has 0 aliphatic carbocycles. The number of hydrogen-bond acceptors (Lipinski definition) is 5. The highest BCUT2D eigenvalue weighted by molar-refractivity contribution is 5.30. The van der Waals surface area contributed by atoms with Gasteiger partial charge in [0, 0.05) is 25.2 Å². The van der Waals surface area contributed by atoms with Gasteiger partial charge in [-0.25, -0.2) is 0 Å². The van der Waals surface area contributed by atoms with Crippen molar-refractivity contribution in [3.8, 4) is 5.75 Å². The molecule has 0 saturated carbocycles. The Hall–Kier alpha value is -1.95. The highest BCUT2D eigenvalue weighted by Crippen LogP contribution is 2.19. The normalized spacial score (nSPS) is 12.4. The zero-order valence-electron chi connectivity index (χ0n) is 11.5. The Bertz CT molecular complexity index is 550. The van der Waals surface area contributed by atoms with Gasteiger partial charge < -0.3 is 10.5 Å². The second-order valence-electron chi connectivity index (χ2n) is 4.75.